The predicted octanol–water partition coefficient (Wildman–Crippen LogP) is 3.98. The van der Waals surface area contributed by atoms with Gasteiger partial charge in [0, 0.05) is 31.0 Å². The molecule has 28 heavy (non-hydrogen) atoms. The lowest BCUT2D eigenvalue weighted by atomic mass is 10.1. The highest BCUT2D eigenvalue weighted by atomic mass is 16.5. The standard InChI is InChI=1S/C22H30N2O4/c1-5-24(14-11-17-9-12-23-13-10-17)22(25)18-15-19(26-6-2)21(28-8-4)20(16-18)27-7-3/h9-10,12-13,15-16H,5-8,11,14H2,1-4H3. The van der Waals surface area contributed by atoms with E-state index >= 15 is 0 Å². The maximum absolute atomic E-state index is 13.1. The lowest BCUT2D eigenvalue weighted by molar-refractivity contribution is 0.0765. The second-order valence-electron chi connectivity index (χ2n) is 6.09. The van der Waals surface area contributed by atoms with Gasteiger partial charge < -0.3 is 19.1 Å². The van der Waals surface area contributed by atoms with Crippen LogP contribution in [0.15, 0.2) is 36.7 Å². The lowest BCUT2D eigenvalue weighted by Gasteiger charge is -2.23. The molecule has 0 unspecified atom stereocenters. The number of carbonyl (C=O) groups excluding carboxylic acids is 1. The fourth-order valence-corrected chi connectivity index (χ4v) is 2.91. The Bertz CT molecular complexity index is 722. The van der Waals surface area contributed by atoms with Crippen molar-refractivity contribution in [2.24, 2.45) is 0 Å². The van der Waals surface area contributed by atoms with E-state index < -0.39 is 0 Å². The van der Waals surface area contributed by atoms with Gasteiger partial charge in [0.2, 0.25) is 5.75 Å². The van der Waals surface area contributed by atoms with Crippen LogP contribution in [-0.2, 0) is 6.42 Å². The highest BCUT2D eigenvalue weighted by Gasteiger charge is 2.21. The summed E-state index contributed by atoms with van der Waals surface area (Å²) in [6.07, 6.45) is 4.31. The number of aromatic nitrogens is 1. The third-order valence-corrected chi connectivity index (χ3v) is 4.24. The topological polar surface area (TPSA) is 60.9 Å². The van der Waals surface area contributed by atoms with E-state index in [-0.39, 0.29) is 5.91 Å². The Morgan fingerprint density at radius 3 is 2.00 bits per heavy atom. The van der Waals surface area contributed by atoms with Gasteiger partial charge in [0.05, 0.1) is 19.8 Å². The van der Waals surface area contributed by atoms with Crippen LogP contribution >= 0.6 is 0 Å². The van der Waals surface area contributed by atoms with Crippen molar-refractivity contribution < 1.29 is 19.0 Å². The van der Waals surface area contributed by atoms with Gasteiger partial charge in [-0.2, -0.15) is 0 Å². The summed E-state index contributed by atoms with van der Waals surface area (Å²) in [5.74, 6) is 1.55. The molecule has 0 fully saturated rings. The summed E-state index contributed by atoms with van der Waals surface area (Å²) in [6.45, 7) is 10.4. The average Bonchev–Trinajstić information content (AvgIpc) is 2.71. The van der Waals surface area contributed by atoms with Crippen LogP contribution in [0.1, 0.15) is 43.6 Å². The summed E-state index contributed by atoms with van der Waals surface area (Å²) in [7, 11) is 0. The van der Waals surface area contributed by atoms with Crippen LogP contribution in [0.2, 0.25) is 0 Å². The van der Waals surface area contributed by atoms with Crippen LogP contribution in [0.5, 0.6) is 17.2 Å². The molecule has 0 radical (unpaired) electrons. The fraction of sp³-hybridized carbons (Fsp3) is 0.455. The molecule has 0 aliphatic heterocycles. The summed E-state index contributed by atoms with van der Waals surface area (Å²) in [5, 5.41) is 0. The first kappa shape index (κ1) is 21.5. The molecule has 152 valence electrons. The van der Waals surface area contributed by atoms with Crippen molar-refractivity contribution in [3.8, 4) is 17.2 Å². The molecule has 0 saturated carbocycles. The summed E-state index contributed by atoms with van der Waals surface area (Å²) >= 11 is 0. The number of rotatable bonds is 11. The zero-order valence-electron chi connectivity index (χ0n) is 17.2. The molecule has 1 heterocycles. The SMILES string of the molecule is CCOc1cc(C(=O)N(CC)CCc2ccncc2)cc(OCC)c1OCC. The van der Waals surface area contributed by atoms with Crippen LogP contribution in [0.3, 0.4) is 0 Å². The third kappa shape index (κ3) is 5.62. The first-order chi connectivity index (χ1) is 13.6. The number of hydrogen-bond acceptors (Lipinski definition) is 5. The van der Waals surface area contributed by atoms with E-state index in [1.54, 1.807) is 24.5 Å². The molecule has 0 saturated heterocycles. The molecule has 0 N–H and O–H groups in total. The van der Waals surface area contributed by atoms with Crippen molar-refractivity contribution in [3.63, 3.8) is 0 Å². The van der Waals surface area contributed by atoms with Gasteiger partial charge in [-0.25, -0.2) is 0 Å². The minimum Gasteiger partial charge on any atom is -0.490 e. The Hall–Kier alpha value is -2.76. The molecule has 0 atom stereocenters. The summed E-state index contributed by atoms with van der Waals surface area (Å²) in [6, 6.07) is 7.42. The number of nitrogens with zero attached hydrogens (tertiary/aromatic N) is 2. The maximum atomic E-state index is 13.1. The first-order valence-corrected chi connectivity index (χ1v) is 9.89. The number of benzene rings is 1. The molecular weight excluding hydrogens is 356 g/mol. The lowest BCUT2D eigenvalue weighted by Crippen LogP contribution is -2.32. The normalized spacial score (nSPS) is 10.4. The molecule has 1 aromatic heterocycles. The van der Waals surface area contributed by atoms with Crippen LogP contribution in [0, 0.1) is 0 Å². The molecule has 1 amide bonds. The van der Waals surface area contributed by atoms with Gasteiger partial charge in [-0.05, 0) is 63.9 Å². The van der Waals surface area contributed by atoms with Crippen LogP contribution in [-0.4, -0.2) is 48.7 Å². The Labute approximate surface area is 167 Å². The van der Waals surface area contributed by atoms with Gasteiger partial charge in [0.1, 0.15) is 0 Å². The molecule has 6 nitrogen and oxygen atoms in total. The second-order valence-corrected chi connectivity index (χ2v) is 6.09. The number of likely N-dealkylation sites (N-methyl/N-ethyl adjacent to an activating group) is 1. The van der Waals surface area contributed by atoms with Gasteiger partial charge in [0.25, 0.3) is 5.91 Å². The predicted molar refractivity (Wildman–Crippen MR) is 109 cm³/mol. The van der Waals surface area contributed by atoms with Crippen molar-refractivity contribution in [3.05, 3.63) is 47.8 Å². The van der Waals surface area contributed by atoms with E-state index in [0.717, 1.165) is 12.0 Å². The first-order valence-electron chi connectivity index (χ1n) is 9.89. The van der Waals surface area contributed by atoms with Crippen molar-refractivity contribution in [2.45, 2.75) is 34.1 Å². The smallest absolute Gasteiger partial charge is 0.254 e. The van der Waals surface area contributed by atoms with Crippen LogP contribution < -0.4 is 14.2 Å². The van der Waals surface area contributed by atoms with E-state index in [1.807, 2.05) is 44.7 Å². The Morgan fingerprint density at radius 2 is 1.50 bits per heavy atom. The summed E-state index contributed by atoms with van der Waals surface area (Å²) in [4.78, 5) is 19.0. The van der Waals surface area contributed by atoms with Crippen molar-refractivity contribution in [2.75, 3.05) is 32.9 Å². The van der Waals surface area contributed by atoms with E-state index in [0.29, 0.717) is 55.7 Å². The monoisotopic (exact) mass is 386 g/mol. The molecule has 0 spiro atoms. The number of ether oxygens (including phenoxy) is 3. The number of hydrogen-bond donors (Lipinski definition) is 0. The van der Waals surface area contributed by atoms with Crippen molar-refractivity contribution in [1.82, 2.24) is 9.88 Å². The summed E-state index contributed by atoms with van der Waals surface area (Å²) in [5.41, 5.74) is 1.69. The van der Waals surface area contributed by atoms with E-state index in [2.05, 4.69) is 4.98 Å². The number of pyridine rings is 1. The molecule has 1 aromatic carbocycles. The number of carbonyl (C=O) groups is 1. The van der Waals surface area contributed by atoms with Crippen LogP contribution in [0.4, 0.5) is 0 Å². The van der Waals surface area contributed by atoms with Gasteiger partial charge >= 0.3 is 0 Å². The average molecular weight is 386 g/mol. The Kier molecular flexibility index (Phi) is 8.59. The summed E-state index contributed by atoms with van der Waals surface area (Å²) < 4.78 is 17.2. The van der Waals surface area contributed by atoms with E-state index in [4.69, 9.17) is 14.2 Å². The Balaban J connectivity index is 2.28. The quantitative estimate of drug-likeness (QED) is 0.584. The molecule has 6 heteroatoms. The fourth-order valence-electron chi connectivity index (χ4n) is 2.91. The van der Waals surface area contributed by atoms with Gasteiger partial charge in [0.15, 0.2) is 11.5 Å². The zero-order chi connectivity index (χ0) is 20.4. The molecule has 2 aromatic rings. The molecular formula is C22H30N2O4. The Morgan fingerprint density at radius 1 is 0.929 bits per heavy atom. The maximum Gasteiger partial charge on any atom is 0.254 e. The molecule has 0 aliphatic carbocycles. The van der Waals surface area contributed by atoms with E-state index in [9.17, 15) is 4.79 Å². The third-order valence-electron chi connectivity index (χ3n) is 4.24. The van der Waals surface area contributed by atoms with Gasteiger partial charge in [-0.1, -0.05) is 0 Å². The van der Waals surface area contributed by atoms with Gasteiger partial charge in [-0.15, -0.1) is 0 Å². The van der Waals surface area contributed by atoms with Crippen molar-refractivity contribution in [1.29, 1.82) is 0 Å². The van der Waals surface area contributed by atoms with Gasteiger partial charge in [-0.3, -0.25) is 9.78 Å². The number of amides is 1. The second kappa shape index (κ2) is 11.2. The van der Waals surface area contributed by atoms with E-state index in [1.165, 1.54) is 0 Å². The highest BCUT2D eigenvalue weighted by molar-refractivity contribution is 5.95. The highest BCUT2D eigenvalue weighted by Crippen LogP contribution is 2.39. The zero-order valence-corrected chi connectivity index (χ0v) is 17.2. The largest absolute Gasteiger partial charge is 0.490 e. The minimum absolute atomic E-state index is 0.0542. The van der Waals surface area contributed by atoms with Crippen LogP contribution in [0.25, 0.3) is 0 Å². The van der Waals surface area contributed by atoms with Crippen molar-refractivity contribution >= 4 is 5.91 Å². The minimum atomic E-state index is -0.0542. The molecule has 0 bridgehead atoms. The molecule has 2 rings (SSSR count). The molecule has 0 aliphatic rings.